The van der Waals surface area contributed by atoms with Crippen LogP contribution in [-0.4, -0.2) is 22.1 Å². The molecule has 0 saturated carbocycles. The summed E-state index contributed by atoms with van der Waals surface area (Å²) < 4.78 is 20.3. The van der Waals surface area contributed by atoms with Crippen molar-refractivity contribution in [1.82, 2.24) is 0 Å². The van der Waals surface area contributed by atoms with Crippen molar-refractivity contribution in [2.75, 3.05) is 0 Å². The highest BCUT2D eigenvalue weighted by Crippen LogP contribution is 2.42. The minimum atomic E-state index is -1.09. The molecule has 0 aliphatic carbocycles. The zero-order valence-corrected chi connectivity index (χ0v) is 17.4. The van der Waals surface area contributed by atoms with Crippen molar-refractivity contribution >= 4 is 23.0 Å². The second-order valence-electron chi connectivity index (χ2n) is 8.03. The van der Waals surface area contributed by atoms with E-state index in [9.17, 15) is 14.3 Å². The van der Waals surface area contributed by atoms with E-state index in [1.807, 2.05) is 19.1 Å². The molecule has 1 aliphatic heterocycles. The van der Waals surface area contributed by atoms with Crippen LogP contribution < -0.4 is 0 Å². The molecule has 148 valence electrons. The van der Waals surface area contributed by atoms with Crippen molar-refractivity contribution in [3.8, 4) is 11.1 Å². The topological polar surface area (TPSA) is 46.5 Å². The molecule has 0 aromatic heterocycles. The summed E-state index contributed by atoms with van der Waals surface area (Å²) in [6.07, 6.45) is 0.657. The Kier molecular flexibility index (Phi) is 5.15. The van der Waals surface area contributed by atoms with Gasteiger partial charge in [0.25, 0.3) is 0 Å². The molecule has 5 heteroatoms. The van der Waals surface area contributed by atoms with Gasteiger partial charge in [-0.3, -0.25) is 4.79 Å². The number of hydrogen-bond donors (Lipinski definition) is 1. The first-order valence-electron chi connectivity index (χ1n) is 9.25. The lowest BCUT2D eigenvalue weighted by atomic mass is 9.80. The third-order valence-electron chi connectivity index (χ3n) is 5.09. The zero-order chi connectivity index (χ0) is 20.9. The first kappa shape index (κ1) is 20.6. The van der Waals surface area contributed by atoms with Crippen LogP contribution in [0.5, 0.6) is 0 Å². The maximum atomic E-state index is 14.5. The maximum absolute atomic E-state index is 14.5. The van der Waals surface area contributed by atoms with Crippen molar-refractivity contribution in [3.63, 3.8) is 0 Å². The van der Waals surface area contributed by atoms with Crippen LogP contribution in [0.25, 0.3) is 16.7 Å². The van der Waals surface area contributed by atoms with Gasteiger partial charge < -0.3 is 9.84 Å². The highest BCUT2D eigenvalue weighted by molar-refractivity contribution is 6.30. The Morgan fingerprint density at radius 1 is 1.04 bits per heavy atom. The number of carbonyl (C=O) groups excluding carboxylic acids is 1. The van der Waals surface area contributed by atoms with Crippen LogP contribution in [0.15, 0.2) is 42.2 Å². The van der Waals surface area contributed by atoms with Crippen LogP contribution in [0.3, 0.4) is 0 Å². The molecular weight excluding hydrogens is 379 g/mol. The molecule has 0 spiro atoms. The van der Waals surface area contributed by atoms with Crippen molar-refractivity contribution in [2.24, 2.45) is 0 Å². The lowest BCUT2D eigenvalue weighted by Gasteiger charge is -2.40. The highest BCUT2D eigenvalue weighted by atomic mass is 35.5. The van der Waals surface area contributed by atoms with Crippen molar-refractivity contribution < 1.29 is 19.0 Å². The number of benzene rings is 2. The van der Waals surface area contributed by atoms with Gasteiger partial charge in [-0.2, -0.15) is 0 Å². The number of aliphatic hydroxyl groups excluding tert-OH is 1. The number of ether oxygens (including phenoxy) is 1. The van der Waals surface area contributed by atoms with E-state index in [1.54, 1.807) is 45.9 Å². The fourth-order valence-corrected chi connectivity index (χ4v) is 3.86. The standard InChI is InChI=1S/C23H24ClFO3/c1-6-13-7-8-14(16-10-9-15(24)12-18(16)25)11-17(13)19-20(26)22(2,3)28-23(4,5)21(19)27/h7-12,26H,6H2,1-5H3. The predicted molar refractivity (Wildman–Crippen MR) is 110 cm³/mol. The van der Waals surface area contributed by atoms with E-state index in [-0.39, 0.29) is 17.1 Å². The monoisotopic (exact) mass is 402 g/mol. The van der Waals surface area contributed by atoms with E-state index in [0.717, 1.165) is 5.56 Å². The van der Waals surface area contributed by atoms with Gasteiger partial charge in [-0.1, -0.05) is 30.7 Å². The normalized spacial score (nSPS) is 18.5. The van der Waals surface area contributed by atoms with Gasteiger partial charge in [0.05, 0.1) is 5.57 Å². The second-order valence-corrected chi connectivity index (χ2v) is 8.46. The summed E-state index contributed by atoms with van der Waals surface area (Å²) in [6, 6.07) is 9.92. The Hall–Kier alpha value is -2.17. The van der Waals surface area contributed by atoms with E-state index >= 15 is 0 Å². The summed E-state index contributed by atoms with van der Waals surface area (Å²) >= 11 is 5.87. The number of hydrogen-bond acceptors (Lipinski definition) is 3. The van der Waals surface area contributed by atoms with Gasteiger partial charge in [-0.25, -0.2) is 4.39 Å². The van der Waals surface area contributed by atoms with Crippen LogP contribution in [0, 0.1) is 5.82 Å². The summed E-state index contributed by atoms with van der Waals surface area (Å²) in [6.45, 7) is 8.81. The van der Waals surface area contributed by atoms with Crippen LogP contribution in [0.4, 0.5) is 4.39 Å². The number of Topliss-reactive ketones (excluding diaryl/α,β-unsaturated/α-hetero) is 1. The molecule has 1 N–H and O–H groups in total. The summed E-state index contributed by atoms with van der Waals surface area (Å²) in [5.74, 6) is -0.854. The van der Waals surface area contributed by atoms with E-state index in [2.05, 4.69) is 0 Å². The van der Waals surface area contributed by atoms with E-state index in [4.69, 9.17) is 16.3 Å². The van der Waals surface area contributed by atoms with E-state index < -0.39 is 17.0 Å². The van der Waals surface area contributed by atoms with Gasteiger partial charge in [-0.15, -0.1) is 0 Å². The smallest absolute Gasteiger partial charge is 0.198 e. The van der Waals surface area contributed by atoms with Gasteiger partial charge in [0.15, 0.2) is 5.78 Å². The molecular formula is C23H24ClFO3. The van der Waals surface area contributed by atoms with Crippen LogP contribution in [0.1, 0.15) is 45.7 Å². The molecule has 2 aromatic rings. The average Bonchev–Trinajstić information content (AvgIpc) is 2.60. The predicted octanol–water partition coefficient (Wildman–Crippen LogP) is 6.13. The number of halogens is 2. The fraction of sp³-hybridized carbons (Fsp3) is 0.348. The number of aryl methyl sites for hydroxylation is 1. The van der Waals surface area contributed by atoms with Crippen LogP contribution in [0.2, 0.25) is 5.02 Å². The van der Waals surface area contributed by atoms with Gasteiger partial charge in [0.1, 0.15) is 22.8 Å². The lowest BCUT2D eigenvalue weighted by molar-refractivity contribution is -0.158. The van der Waals surface area contributed by atoms with Gasteiger partial charge >= 0.3 is 0 Å². The molecule has 28 heavy (non-hydrogen) atoms. The molecule has 0 bridgehead atoms. The molecule has 0 unspecified atom stereocenters. The Balaban J connectivity index is 2.27. The zero-order valence-electron chi connectivity index (χ0n) is 16.7. The average molecular weight is 403 g/mol. The summed E-state index contributed by atoms with van der Waals surface area (Å²) in [5, 5.41) is 11.2. The Morgan fingerprint density at radius 3 is 2.32 bits per heavy atom. The van der Waals surface area contributed by atoms with Crippen molar-refractivity contribution in [2.45, 2.75) is 52.2 Å². The molecule has 0 amide bonds. The summed E-state index contributed by atoms with van der Waals surface area (Å²) in [7, 11) is 0. The van der Waals surface area contributed by atoms with E-state index in [0.29, 0.717) is 28.1 Å². The molecule has 1 aliphatic rings. The maximum Gasteiger partial charge on any atom is 0.198 e. The molecule has 1 heterocycles. The first-order valence-corrected chi connectivity index (χ1v) is 9.63. The quantitative estimate of drug-likeness (QED) is 0.671. The van der Waals surface area contributed by atoms with Gasteiger partial charge in [0.2, 0.25) is 0 Å². The Labute approximate surface area is 169 Å². The third-order valence-corrected chi connectivity index (χ3v) is 5.33. The fourth-order valence-electron chi connectivity index (χ4n) is 3.70. The molecule has 0 atom stereocenters. The van der Waals surface area contributed by atoms with Crippen LogP contribution >= 0.6 is 11.6 Å². The molecule has 0 fully saturated rings. The lowest BCUT2D eigenvalue weighted by Crippen LogP contribution is -2.49. The van der Waals surface area contributed by atoms with Gasteiger partial charge in [0, 0.05) is 10.6 Å². The third kappa shape index (κ3) is 3.47. The van der Waals surface area contributed by atoms with Crippen molar-refractivity contribution in [1.29, 1.82) is 0 Å². The van der Waals surface area contributed by atoms with Gasteiger partial charge in [-0.05, 0) is 75.1 Å². The number of ketones is 1. The van der Waals surface area contributed by atoms with Crippen molar-refractivity contribution in [3.05, 3.63) is 64.1 Å². The molecule has 3 nitrogen and oxygen atoms in total. The number of aliphatic hydroxyl groups is 1. The number of carbonyl (C=O) groups is 1. The minimum absolute atomic E-state index is 0.111. The molecule has 0 saturated heterocycles. The van der Waals surface area contributed by atoms with Crippen LogP contribution in [-0.2, 0) is 16.0 Å². The highest BCUT2D eigenvalue weighted by Gasteiger charge is 2.47. The minimum Gasteiger partial charge on any atom is -0.508 e. The molecule has 0 radical (unpaired) electrons. The largest absolute Gasteiger partial charge is 0.508 e. The Morgan fingerprint density at radius 2 is 1.71 bits per heavy atom. The molecule has 2 aromatic carbocycles. The second kappa shape index (κ2) is 7.02. The SMILES string of the molecule is CCc1ccc(-c2ccc(Cl)cc2F)cc1C1=C(O)C(C)(C)OC(C)(C)C1=O. The molecule has 3 rings (SSSR count). The summed E-state index contributed by atoms with van der Waals surface area (Å²) in [5.41, 5.74) is 0.608. The van der Waals surface area contributed by atoms with E-state index in [1.165, 1.54) is 6.07 Å². The number of rotatable bonds is 3. The Bertz CT molecular complexity index is 989. The first-order chi connectivity index (χ1) is 13.0. The summed E-state index contributed by atoms with van der Waals surface area (Å²) in [4.78, 5) is 13.1.